The number of piperazine rings is 1. The van der Waals surface area contributed by atoms with Gasteiger partial charge in [-0.1, -0.05) is 5.16 Å². The molecule has 0 bridgehead atoms. The predicted octanol–water partition coefficient (Wildman–Crippen LogP) is 1.96. The summed E-state index contributed by atoms with van der Waals surface area (Å²) in [5, 5.41) is 10.6. The molecule has 1 N–H and O–H groups in total. The summed E-state index contributed by atoms with van der Waals surface area (Å²) >= 11 is 1.79. The maximum absolute atomic E-state index is 4.97. The standard InChI is InChI=1S/C14H20N6OS.HI/c1-11-17-12(18-21-11)10-16-14(15-2)20-7-5-19(6-8-20)13-4-3-9-22-13;/h3-4,9H,5-8,10H2,1-2H3,(H,15,16);1H. The number of aryl methyl sites for hydroxylation is 1. The lowest BCUT2D eigenvalue weighted by molar-refractivity contribution is 0.369. The average molecular weight is 448 g/mol. The lowest BCUT2D eigenvalue weighted by atomic mass is 10.3. The molecule has 1 fully saturated rings. The second-order valence-electron chi connectivity index (χ2n) is 5.06. The van der Waals surface area contributed by atoms with E-state index in [0.29, 0.717) is 18.3 Å². The fraction of sp³-hybridized carbons (Fsp3) is 0.500. The highest BCUT2D eigenvalue weighted by Crippen LogP contribution is 2.22. The maximum Gasteiger partial charge on any atom is 0.223 e. The van der Waals surface area contributed by atoms with Crippen LogP contribution in [0.1, 0.15) is 11.7 Å². The SMILES string of the molecule is CN=C(NCc1noc(C)n1)N1CCN(c2cccs2)CC1.I. The van der Waals surface area contributed by atoms with Gasteiger partial charge in [0, 0.05) is 40.2 Å². The molecule has 0 aliphatic carbocycles. The molecule has 3 rings (SSSR count). The van der Waals surface area contributed by atoms with E-state index in [9.17, 15) is 0 Å². The lowest BCUT2D eigenvalue weighted by Crippen LogP contribution is -2.52. The third kappa shape index (κ3) is 4.56. The molecule has 1 saturated heterocycles. The zero-order valence-electron chi connectivity index (χ0n) is 13.2. The molecular weight excluding hydrogens is 427 g/mol. The number of thiophene rings is 1. The Kier molecular flexibility index (Phi) is 6.63. The summed E-state index contributed by atoms with van der Waals surface area (Å²) in [5.41, 5.74) is 0. The Morgan fingerprint density at radius 1 is 1.39 bits per heavy atom. The maximum atomic E-state index is 4.97. The quantitative estimate of drug-likeness (QED) is 0.440. The Balaban J connectivity index is 0.00000192. The fourth-order valence-electron chi connectivity index (χ4n) is 2.49. The number of halogens is 1. The zero-order valence-corrected chi connectivity index (χ0v) is 16.4. The minimum atomic E-state index is 0. The first kappa shape index (κ1) is 18.0. The highest BCUT2D eigenvalue weighted by Gasteiger charge is 2.20. The summed E-state index contributed by atoms with van der Waals surface area (Å²) in [6, 6.07) is 4.27. The zero-order chi connectivity index (χ0) is 15.4. The first-order chi connectivity index (χ1) is 10.8. The molecule has 0 amide bonds. The van der Waals surface area contributed by atoms with Gasteiger partial charge in [-0.25, -0.2) is 0 Å². The van der Waals surface area contributed by atoms with E-state index in [4.69, 9.17) is 4.52 Å². The molecule has 1 aliphatic rings. The van der Waals surface area contributed by atoms with Crippen molar-refractivity contribution in [2.75, 3.05) is 38.1 Å². The van der Waals surface area contributed by atoms with Gasteiger partial charge in [-0.05, 0) is 17.5 Å². The smallest absolute Gasteiger partial charge is 0.223 e. The lowest BCUT2D eigenvalue weighted by Gasteiger charge is -2.36. The summed E-state index contributed by atoms with van der Waals surface area (Å²) < 4.78 is 4.97. The highest BCUT2D eigenvalue weighted by atomic mass is 127. The van der Waals surface area contributed by atoms with Crippen LogP contribution in [0.15, 0.2) is 27.0 Å². The molecule has 2 aromatic rings. The van der Waals surface area contributed by atoms with Gasteiger partial charge in [0.2, 0.25) is 5.89 Å². The normalized spacial score (nSPS) is 15.5. The molecule has 2 aromatic heterocycles. The number of aliphatic imine (C=N–C) groups is 1. The molecule has 0 atom stereocenters. The molecule has 3 heterocycles. The van der Waals surface area contributed by atoms with Gasteiger partial charge in [0.1, 0.15) is 0 Å². The van der Waals surface area contributed by atoms with Crippen LogP contribution in [0.4, 0.5) is 5.00 Å². The van der Waals surface area contributed by atoms with E-state index < -0.39 is 0 Å². The number of nitrogens with one attached hydrogen (secondary N) is 1. The van der Waals surface area contributed by atoms with Crippen LogP contribution in [0.25, 0.3) is 0 Å². The van der Waals surface area contributed by atoms with Crippen molar-refractivity contribution in [2.45, 2.75) is 13.5 Å². The summed E-state index contributed by atoms with van der Waals surface area (Å²) in [6.45, 7) is 6.21. The van der Waals surface area contributed by atoms with E-state index in [1.807, 2.05) is 0 Å². The van der Waals surface area contributed by atoms with Crippen LogP contribution >= 0.6 is 35.3 Å². The molecule has 126 valence electrons. The molecule has 23 heavy (non-hydrogen) atoms. The van der Waals surface area contributed by atoms with Crippen molar-refractivity contribution in [3.63, 3.8) is 0 Å². The predicted molar refractivity (Wildman–Crippen MR) is 103 cm³/mol. The second-order valence-corrected chi connectivity index (χ2v) is 5.98. The molecule has 0 radical (unpaired) electrons. The van der Waals surface area contributed by atoms with E-state index in [1.165, 1.54) is 5.00 Å². The van der Waals surface area contributed by atoms with Crippen LogP contribution in [0.3, 0.4) is 0 Å². The van der Waals surface area contributed by atoms with E-state index in [-0.39, 0.29) is 24.0 Å². The summed E-state index contributed by atoms with van der Waals surface area (Å²) in [5.74, 6) is 2.11. The summed E-state index contributed by atoms with van der Waals surface area (Å²) in [6.07, 6.45) is 0. The van der Waals surface area contributed by atoms with Crippen LogP contribution in [-0.2, 0) is 6.54 Å². The minimum absolute atomic E-state index is 0. The number of nitrogens with zero attached hydrogens (tertiary/aromatic N) is 5. The van der Waals surface area contributed by atoms with Gasteiger partial charge in [-0.2, -0.15) is 4.98 Å². The van der Waals surface area contributed by atoms with Crippen molar-refractivity contribution in [1.82, 2.24) is 20.4 Å². The van der Waals surface area contributed by atoms with Crippen molar-refractivity contribution < 1.29 is 4.52 Å². The number of anilines is 1. The summed E-state index contributed by atoms with van der Waals surface area (Å²) in [7, 11) is 1.80. The first-order valence-corrected chi connectivity index (χ1v) is 8.17. The highest BCUT2D eigenvalue weighted by molar-refractivity contribution is 14.0. The van der Waals surface area contributed by atoms with Crippen LogP contribution < -0.4 is 10.2 Å². The van der Waals surface area contributed by atoms with E-state index in [1.54, 1.807) is 25.3 Å². The first-order valence-electron chi connectivity index (χ1n) is 7.29. The Morgan fingerprint density at radius 3 is 2.74 bits per heavy atom. The van der Waals surface area contributed by atoms with Gasteiger partial charge < -0.3 is 19.6 Å². The van der Waals surface area contributed by atoms with E-state index in [2.05, 4.69) is 47.8 Å². The third-order valence-corrected chi connectivity index (χ3v) is 4.51. The van der Waals surface area contributed by atoms with Crippen molar-refractivity contribution in [2.24, 2.45) is 4.99 Å². The molecule has 0 saturated carbocycles. The molecule has 0 aromatic carbocycles. The van der Waals surface area contributed by atoms with E-state index in [0.717, 1.165) is 32.1 Å². The van der Waals surface area contributed by atoms with Crippen LogP contribution in [-0.4, -0.2) is 54.2 Å². The molecule has 0 unspecified atom stereocenters. The third-order valence-electron chi connectivity index (χ3n) is 3.58. The van der Waals surface area contributed by atoms with Crippen LogP contribution in [0.5, 0.6) is 0 Å². The number of hydrogen-bond donors (Lipinski definition) is 1. The number of aromatic nitrogens is 2. The Hall–Kier alpha value is -1.36. The van der Waals surface area contributed by atoms with Crippen molar-refractivity contribution in [3.8, 4) is 0 Å². The van der Waals surface area contributed by atoms with Gasteiger partial charge in [-0.15, -0.1) is 35.3 Å². The monoisotopic (exact) mass is 448 g/mol. The fourth-order valence-corrected chi connectivity index (χ4v) is 3.28. The Morgan fingerprint density at radius 2 is 2.17 bits per heavy atom. The molecule has 1 aliphatic heterocycles. The van der Waals surface area contributed by atoms with Gasteiger partial charge in [0.15, 0.2) is 11.8 Å². The van der Waals surface area contributed by atoms with Crippen LogP contribution in [0, 0.1) is 6.92 Å². The Labute approximate surface area is 156 Å². The number of rotatable bonds is 3. The van der Waals surface area contributed by atoms with Crippen LogP contribution in [0.2, 0.25) is 0 Å². The molecule has 0 spiro atoms. The van der Waals surface area contributed by atoms with Crippen molar-refractivity contribution in [1.29, 1.82) is 0 Å². The average Bonchev–Trinajstić information content (AvgIpc) is 3.20. The molecular formula is C14H21IN6OS. The topological polar surface area (TPSA) is 69.8 Å². The molecule has 9 heteroatoms. The molecule has 7 nitrogen and oxygen atoms in total. The van der Waals surface area contributed by atoms with Gasteiger partial charge in [-0.3, -0.25) is 4.99 Å². The second kappa shape index (κ2) is 8.48. The van der Waals surface area contributed by atoms with Gasteiger partial charge in [0.05, 0.1) is 11.5 Å². The summed E-state index contributed by atoms with van der Waals surface area (Å²) in [4.78, 5) is 13.2. The van der Waals surface area contributed by atoms with Crippen molar-refractivity contribution >= 4 is 46.3 Å². The minimum Gasteiger partial charge on any atom is -0.360 e. The van der Waals surface area contributed by atoms with E-state index >= 15 is 0 Å². The van der Waals surface area contributed by atoms with Gasteiger partial charge in [0.25, 0.3) is 0 Å². The largest absolute Gasteiger partial charge is 0.360 e. The van der Waals surface area contributed by atoms with Crippen molar-refractivity contribution in [3.05, 3.63) is 29.2 Å². The Bertz CT molecular complexity index is 621. The van der Waals surface area contributed by atoms with Gasteiger partial charge >= 0.3 is 0 Å². The number of hydrogen-bond acceptors (Lipinski definition) is 6. The number of guanidine groups is 1.